The van der Waals surface area contributed by atoms with E-state index in [1.54, 1.807) is 0 Å². The Labute approximate surface area is 162 Å². The van der Waals surface area contributed by atoms with Crippen molar-refractivity contribution >= 4 is 11.7 Å². The summed E-state index contributed by atoms with van der Waals surface area (Å²) >= 11 is 0. The summed E-state index contributed by atoms with van der Waals surface area (Å²) in [7, 11) is 0. The molecule has 0 aliphatic heterocycles. The third-order valence-electron chi connectivity index (χ3n) is 5.85. The van der Waals surface area contributed by atoms with Crippen LogP contribution in [-0.2, 0) is 24.2 Å². The van der Waals surface area contributed by atoms with Gasteiger partial charge in [0.1, 0.15) is 6.54 Å². The number of fused-ring (bicyclic) bond motifs is 2. The molecule has 144 valence electrons. The molecule has 7 heteroatoms. The molecule has 1 amide bonds. The number of hydrogen-bond acceptors (Lipinski definition) is 4. The molecule has 1 saturated carbocycles. The molecule has 1 aromatic carbocycles. The van der Waals surface area contributed by atoms with Crippen LogP contribution in [0.25, 0.3) is 17.2 Å². The Morgan fingerprint density at radius 2 is 1.89 bits per heavy atom. The summed E-state index contributed by atoms with van der Waals surface area (Å²) in [5, 5.41) is 7.61. The molecular formula is C21H23N5O2. The summed E-state index contributed by atoms with van der Waals surface area (Å²) in [4.78, 5) is 30.3. The highest BCUT2D eigenvalue weighted by Gasteiger charge is 2.26. The van der Waals surface area contributed by atoms with E-state index in [9.17, 15) is 9.59 Å². The molecule has 28 heavy (non-hydrogen) atoms. The molecule has 0 saturated heterocycles. The summed E-state index contributed by atoms with van der Waals surface area (Å²) in [6.45, 7) is 0.176. The van der Waals surface area contributed by atoms with Crippen molar-refractivity contribution in [3.05, 3.63) is 51.9 Å². The van der Waals surface area contributed by atoms with E-state index in [-0.39, 0.29) is 24.1 Å². The van der Waals surface area contributed by atoms with Gasteiger partial charge in [0.15, 0.2) is 5.82 Å². The second-order valence-corrected chi connectivity index (χ2v) is 7.73. The Bertz CT molecular complexity index is 1090. The lowest BCUT2D eigenvalue weighted by Gasteiger charge is -2.16. The highest BCUT2D eigenvalue weighted by atomic mass is 16.2. The van der Waals surface area contributed by atoms with E-state index in [1.807, 2.05) is 34.9 Å². The number of hydrogen-bond donors (Lipinski definition) is 1. The molecule has 0 spiro atoms. The number of aromatic nitrogens is 4. The van der Waals surface area contributed by atoms with Gasteiger partial charge in [0, 0.05) is 22.9 Å². The van der Waals surface area contributed by atoms with Gasteiger partial charge >= 0.3 is 0 Å². The quantitative estimate of drug-likeness (QED) is 0.755. The first-order valence-corrected chi connectivity index (χ1v) is 10.1. The number of carbonyl (C=O) groups excluding carboxylic acids is 1. The molecule has 5 rings (SSSR count). The number of rotatable bonds is 4. The molecule has 0 radical (unpaired) electrons. The van der Waals surface area contributed by atoms with Gasteiger partial charge in [0.05, 0.1) is 0 Å². The molecule has 1 fully saturated rings. The lowest BCUT2D eigenvalue weighted by Crippen LogP contribution is -2.36. The summed E-state index contributed by atoms with van der Waals surface area (Å²) in [6, 6.07) is 9.88. The minimum atomic E-state index is -0.107. The molecule has 0 atom stereocenters. The zero-order valence-corrected chi connectivity index (χ0v) is 15.7. The predicted octanol–water partition coefficient (Wildman–Crippen LogP) is 2.11. The fourth-order valence-corrected chi connectivity index (χ4v) is 4.48. The van der Waals surface area contributed by atoms with Crippen molar-refractivity contribution in [2.75, 3.05) is 0 Å². The van der Waals surface area contributed by atoms with Gasteiger partial charge in [0.25, 0.3) is 5.56 Å². The lowest BCUT2D eigenvalue weighted by atomic mass is 10.2. The molecular weight excluding hydrogens is 354 g/mol. The minimum Gasteiger partial charge on any atom is -0.352 e. The van der Waals surface area contributed by atoms with Crippen LogP contribution in [0.3, 0.4) is 0 Å². The van der Waals surface area contributed by atoms with Crippen LogP contribution in [0.15, 0.2) is 35.1 Å². The van der Waals surface area contributed by atoms with Gasteiger partial charge in [-0.2, -0.15) is 9.50 Å². The van der Waals surface area contributed by atoms with Crippen LogP contribution in [0, 0.1) is 0 Å². The third kappa shape index (κ3) is 2.91. The van der Waals surface area contributed by atoms with Crippen LogP contribution in [0.5, 0.6) is 0 Å². The Morgan fingerprint density at radius 3 is 2.68 bits per heavy atom. The summed E-state index contributed by atoms with van der Waals surface area (Å²) in [5.41, 5.74) is 2.45. The first-order chi connectivity index (χ1) is 13.7. The third-order valence-corrected chi connectivity index (χ3v) is 5.85. The standard InChI is InChI=1S/C21H23N5O2/c27-18(22-15-9-4-5-10-15)13-25-17-12-6-11-16(17)20(28)26-21(25)23-19(24-26)14-7-2-1-3-8-14/h1-3,7-8,15H,4-6,9-13H2,(H,22,27). The largest absolute Gasteiger partial charge is 0.352 e. The van der Waals surface area contributed by atoms with Crippen molar-refractivity contribution < 1.29 is 4.79 Å². The Morgan fingerprint density at radius 1 is 1.11 bits per heavy atom. The molecule has 3 aromatic rings. The summed E-state index contributed by atoms with van der Waals surface area (Å²) in [6.07, 6.45) is 6.90. The minimum absolute atomic E-state index is 0.0178. The summed E-state index contributed by atoms with van der Waals surface area (Å²) < 4.78 is 3.27. The van der Waals surface area contributed by atoms with E-state index < -0.39 is 0 Å². The molecule has 0 bridgehead atoms. The molecule has 1 N–H and O–H groups in total. The Kier molecular flexibility index (Phi) is 4.22. The smallest absolute Gasteiger partial charge is 0.279 e. The van der Waals surface area contributed by atoms with Crippen molar-refractivity contribution in [2.24, 2.45) is 0 Å². The number of benzene rings is 1. The number of carbonyl (C=O) groups is 1. The SMILES string of the molecule is O=C(Cn1c2c(c(=O)n3nc(-c4ccccc4)nc13)CCC2)NC1CCCC1. The van der Waals surface area contributed by atoms with Crippen molar-refractivity contribution in [3.63, 3.8) is 0 Å². The van der Waals surface area contributed by atoms with Crippen molar-refractivity contribution in [3.8, 4) is 11.4 Å². The van der Waals surface area contributed by atoms with Crippen LogP contribution >= 0.6 is 0 Å². The van der Waals surface area contributed by atoms with Crippen LogP contribution in [0.4, 0.5) is 0 Å². The van der Waals surface area contributed by atoms with Crippen molar-refractivity contribution in [2.45, 2.75) is 57.5 Å². The van der Waals surface area contributed by atoms with Crippen LogP contribution in [0.2, 0.25) is 0 Å². The van der Waals surface area contributed by atoms with Gasteiger partial charge in [-0.3, -0.25) is 9.59 Å². The zero-order valence-electron chi connectivity index (χ0n) is 15.7. The van der Waals surface area contributed by atoms with Gasteiger partial charge in [-0.15, -0.1) is 5.10 Å². The van der Waals surface area contributed by atoms with E-state index in [4.69, 9.17) is 0 Å². The van der Waals surface area contributed by atoms with Gasteiger partial charge in [-0.05, 0) is 32.1 Å². The van der Waals surface area contributed by atoms with Crippen LogP contribution in [-0.4, -0.2) is 31.1 Å². The predicted molar refractivity (Wildman–Crippen MR) is 105 cm³/mol. The number of nitrogens with one attached hydrogen (secondary N) is 1. The highest BCUT2D eigenvalue weighted by Crippen LogP contribution is 2.23. The fourth-order valence-electron chi connectivity index (χ4n) is 4.48. The fraction of sp³-hybridized carbons (Fsp3) is 0.429. The van der Waals surface area contributed by atoms with E-state index in [0.29, 0.717) is 11.6 Å². The van der Waals surface area contributed by atoms with Crippen molar-refractivity contribution in [1.29, 1.82) is 0 Å². The van der Waals surface area contributed by atoms with Crippen molar-refractivity contribution in [1.82, 2.24) is 24.5 Å². The number of nitrogens with zero attached hydrogens (tertiary/aromatic N) is 4. The monoisotopic (exact) mass is 377 g/mol. The second kappa shape index (κ2) is 6.89. The molecule has 2 aliphatic carbocycles. The van der Waals surface area contributed by atoms with Crippen LogP contribution < -0.4 is 10.9 Å². The van der Waals surface area contributed by atoms with E-state index in [0.717, 1.165) is 48.9 Å². The van der Waals surface area contributed by atoms with Crippen LogP contribution in [0.1, 0.15) is 43.4 Å². The molecule has 0 unspecified atom stereocenters. The maximum atomic E-state index is 12.9. The molecule has 7 nitrogen and oxygen atoms in total. The first-order valence-electron chi connectivity index (χ1n) is 10.1. The van der Waals surface area contributed by atoms with E-state index in [1.165, 1.54) is 17.4 Å². The highest BCUT2D eigenvalue weighted by molar-refractivity contribution is 5.77. The van der Waals surface area contributed by atoms with Gasteiger partial charge in [-0.25, -0.2) is 0 Å². The summed E-state index contributed by atoms with van der Waals surface area (Å²) in [5.74, 6) is 0.938. The average Bonchev–Trinajstić information content (AvgIpc) is 3.45. The van der Waals surface area contributed by atoms with Gasteiger partial charge in [0.2, 0.25) is 11.7 Å². The Balaban J connectivity index is 1.58. The molecule has 2 aliphatic rings. The number of amides is 1. The zero-order chi connectivity index (χ0) is 19.1. The normalized spacial score (nSPS) is 16.6. The maximum absolute atomic E-state index is 12.9. The lowest BCUT2D eigenvalue weighted by molar-refractivity contribution is -0.122. The average molecular weight is 377 g/mol. The van der Waals surface area contributed by atoms with E-state index >= 15 is 0 Å². The second-order valence-electron chi connectivity index (χ2n) is 7.73. The molecule has 2 aromatic heterocycles. The molecule has 2 heterocycles. The first kappa shape index (κ1) is 17.2. The Hall–Kier alpha value is -2.96. The topological polar surface area (TPSA) is 81.3 Å². The van der Waals surface area contributed by atoms with E-state index in [2.05, 4.69) is 15.4 Å². The van der Waals surface area contributed by atoms with Gasteiger partial charge < -0.3 is 9.88 Å². The maximum Gasteiger partial charge on any atom is 0.279 e. The van der Waals surface area contributed by atoms with Gasteiger partial charge in [-0.1, -0.05) is 43.2 Å².